The summed E-state index contributed by atoms with van der Waals surface area (Å²) in [6.07, 6.45) is 8.61. The third kappa shape index (κ3) is 3.22. The van der Waals surface area contributed by atoms with Gasteiger partial charge in [-0.15, -0.1) is 0 Å². The third-order valence-electron chi connectivity index (χ3n) is 4.03. The monoisotopic (exact) mass is 325 g/mol. The lowest BCUT2D eigenvalue weighted by Crippen LogP contribution is -2.34. The van der Waals surface area contributed by atoms with Gasteiger partial charge in [0.2, 0.25) is 0 Å². The second-order valence-corrected chi connectivity index (χ2v) is 5.71. The van der Waals surface area contributed by atoms with E-state index in [1.807, 2.05) is 19.3 Å². The first-order chi connectivity index (χ1) is 11.6. The van der Waals surface area contributed by atoms with E-state index >= 15 is 0 Å². The number of fused-ring (bicyclic) bond motifs is 1. The molecular weight excluding hydrogens is 306 g/mol. The van der Waals surface area contributed by atoms with Gasteiger partial charge >= 0.3 is 5.97 Å². The zero-order valence-electron chi connectivity index (χ0n) is 13.7. The van der Waals surface area contributed by atoms with Gasteiger partial charge in [-0.2, -0.15) is 5.10 Å². The average molecular weight is 325 g/mol. The summed E-state index contributed by atoms with van der Waals surface area (Å²) in [7, 11) is 3.18. The van der Waals surface area contributed by atoms with Gasteiger partial charge in [0.1, 0.15) is 0 Å². The second kappa shape index (κ2) is 6.70. The highest BCUT2D eigenvalue weighted by atomic mass is 16.5. The third-order valence-corrected chi connectivity index (χ3v) is 4.03. The highest BCUT2D eigenvalue weighted by Gasteiger charge is 2.22. The van der Waals surface area contributed by atoms with Crippen molar-refractivity contribution in [2.45, 2.75) is 12.8 Å². The van der Waals surface area contributed by atoms with Crippen LogP contribution in [-0.2, 0) is 23.0 Å². The Morgan fingerprint density at radius 3 is 2.88 bits per heavy atom. The predicted molar refractivity (Wildman–Crippen MR) is 90.7 cm³/mol. The Bertz CT molecular complexity index is 808. The number of hydrogen-bond donors (Lipinski definition) is 0. The van der Waals surface area contributed by atoms with Gasteiger partial charge in [-0.3, -0.25) is 9.48 Å². The second-order valence-electron chi connectivity index (χ2n) is 5.71. The Hall–Kier alpha value is -2.89. The fraction of sp³-hybridized carbons (Fsp3) is 0.278. The first-order valence-electron chi connectivity index (χ1n) is 7.78. The smallest absolute Gasteiger partial charge is 0.337 e. The molecule has 0 aliphatic carbocycles. The molecule has 2 heterocycles. The summed E-state index contributed by atoms with van der Waals surface area (Å²) in [6, 6.07) is 5.37. The van der Waals surface area contributed by atoms with Crippen molar-refractivity contribution in [1.82, 2.24) is 9.78 Å². The van der Waals surface area contributed by atoms with E-state index in [9.17, 15) is 9.59 Å². The van der Waals surface area contributed by atoms with E-state index in [4.69, 9.17) is 4.74 Å². The molecule has 124 valence electrons. The molecule has 0 saturated carbocycles. The Kier molecular flexibility index (Phi) is 4.46. The van der Waals surface area contributed by atoms with Gasteiger partial charge in [0.15, 0.2) is 0 Å². The number of anilines is 1. The fourth-order valence-electron chi connectivity index (χ4n) is 2.83. The summed E-state index contributed by atoms with van der Waals surface area (Å²) >= 11 is 0. The Morgan fingerprint density at radius 1 is 1.33 bits per heavy atom. The van der Waals surface area contributed by atoms with E-state index in [1.165, 1.54) is 13.2 Å². The molecule has 24 heavy (non-hydrogen) atoms. The number of methoxy groups -OCH3 is 1. The molecule has 1 aromatic carbocycles. The summed E-state index contributed by atoms with van der Waals surface area (Å²) in [6.45, 7) is 0.633. The van der Waals surface area contributed by atoms with Crippen LogP contribution in [0.15, 0.2) is 36.7 Å². The molecule has 0 fully saturated rings. The van der Waals surface area contributed by atoms with Crippen molar-refractivity contribution in [3.8, 4) is 0 Å². The molecule has 1 amide bonds. The molecule has 3 rings (SSSR count). The first-order valence-corrected chi connectivity index (χ1v) is 7.78. The van der Waals surface area contributed by atoms with E-state index in [0.717, 1.165) is 29.7 Å². The van der Waals surface area contributed by atoms with Crippen LogP contribution < -0.4 is 4.90 Å². The maximum atomic E-state index is 12.6. The molecule has 0 N–H and O–H groups in total. The SMILES string of the molecule is COC(=O)c1ccc2c(c1)N(C(=O)C=Cc1cnn(C)c1)CCC2. The Balaban J connectivity index is 1.86. The van der Waals surface area contributed by atoms with Gasteiger partial charge in [0.05, 0.1) is 18.9 Å². The van der Waals surface area contributed by atoms with Crippen LogP contribution in [0.3, 0.4) is 0 Å². The molecule has 1 aromatic heterocycles. The number of ether oxygens (including phenoxy) is 1. The van der Waals surface area contributed by atoms with Gasteiger partial charge in [0, 0.05) is 37.1 Å². The lowest BCUT2D eigenvalue weighted by atomic mass is 9.99. The molecule has 1 aliphatic rings. The van der Waals surface area contributed by atoms with Crippen LogP contribution in [0.4, 0.5) is 5.69 Å². The van der Waals surface area contributed by atoms with Crippen molar-refractivity contribution in [2.24, 2.45) is 7.05 Å². The van der Waals surface area contributed by atoms with Crippen molar-refractivity contribution in [2.75, 3.05) is 18.6 Å². The van der Waals surface area contributed by atoms with Crippen LogP contribution in [0.25, 0.3) is 6.08 Å². The van der Waals surface area contributed by atoms with E-state index in [-0.39, 0.29) is 5.91 Å². The number of aromatic nitrogens is 2. The quantitative estimate of drug-likeness (QED) is 0.641. The minimum absolute atomic E-state index is 0.109. The van der Waals surface area contributed by atoms with Gasteiger partial charge in [-0.1, -0.05) is 6.07 Å². The number of esters is 1. The average Bonchev–Trinajstić information content (AvgIpc) is 3.03. The number of aryl methyl sites for hydroxylation is 2. The normalized spacial score (nSPS) is 13.8. The van der Waals surface area contributed by atoms with Crippen molar-refractivity contribution in [1.29, 1.82) is 0 Å². The molecule has 0 unspecified atom stereocenters. The van der Waals surface area contributed by atoms with E-state index in [1.54, 1.807) is 34.0 Å². The molecule has 0 atom stereocenters. The number of rotatable bonds is 3. The summed E-state index contributed by atoms with van der Waals surface area (Å²) in [5.74, 6) is -0.511. The Labute approximate surface area is 140 Å². The molecule has 2 aromatic rings. The predicted octanol–water partition coefficient (Wildman–Crippen LogP) is 2.20. The van der Waals surface area contributed by atoms with E-state index < -0.39 is 5.97 Å². The lowest BCUT2D eigenvalue weighted by Gasteiger charge is -2.29. The van der Waals surface area contributed by atoms with Gasteiger partial charge < -0.3 is 9.64 Å². The van der Waals surface area contributed by atoms with Crippen molar-refractivity contribution >= 4 is 23.6 Å². The lowest BCUT2D eigenvalue weighted by molar-refractivity contribution is -0.114. The van der Waals surface area contributed by atoms with Gasteiger partial charge in [0.25, 0.3) is 5.91 Å². The molecule has 0 spiro atoms. The molecule has 6 heteroatoms. The van der Waals surface area contributed by atoms with Crippen LogP contribution >= 0.6 is 0 Å². The van der Waals surface area contributed by atoms with Gasteiger partial charge in [-0.25, -0.2) is 4.79 Å². The number of carbonyl (C=O) groups excluding carboxylic acids is 2. The van der Waals surface area contributed by atoms with Crippen LogP contribution in [-0.4, -0.2) is 35.3 Å². The number of benzene rings is 1. The minimum atomic E-state index is -0.401. The van der Waals surface area contributed by atoms with Crippen LogP contribution in [0.2, 0.25) is 0 Å². The highest BCUT2D eigenvalue weighted by molar-refractivity contribution is 6.05. The maximum Gasteiger partial charge on any atom is 0.337 e. The zero-order chi connectivity index (χ0) is 17.1. The molecular formula is C18H19N3O3. The van der Waals surface area contributed by atoms with Gasteiger partial charge in [-0.05, 0) is 36.6 Å². The van der Waals surface area contributed by atoms with E-state index in [0.29, 0.717) is 12.1 Å². The minimum Gasteiger partial charge on any atom is -0.465 e. The molecule has 0 radical (unpaired) electrons. The standard InChI is InChI=1S/C18H19N3O3/c1-20-12-13(11-19-20)5-8-17(22)21-9-3-4-14-6-7-15(10-16(14)21)18(23)24-2/h5-8,10-12H,3-4,9H2,1-2H3. The number of hydrogen-bond acceptors (Lipinski definition) is 4. The summed E-state index contributed by atoms with van der Waals surface area (Å²) in [4.78, 5) is 26.0. The maximum absolute atomic E-state index is 12.6. The van der Waals surface area contributed by atoms with Crippen molar-refractivity contribution < 1.29 is 14.3 Å². The summed E-state index contributed by atoms with van der Waals surface area (Å²) < 4.78 is 6.45. The van der Waals surface area contributed by atoms with Crippen molar-refractivity contribution in [3.63, 3.8) is 0 Å². The number of amides is 1. The summed E-state index contributed by atoms with van der Waals surface area (Å²) in [5.41, 5.74) is 3.17. The topological polar surface area (TPSA) is 64.4 Å². The highest BCUT2D eigenvalue weighted by Crippen LogP contribution is 2.29. The molecule has 1 aliphatic heterocycles. The number of carbonyl (C=O) groups is 2. The van der Waals surface area contributed by atoms with Crippen LogP contribution in [0, 0.1) is 0 Å². The van der Waals surface area contributed by atoms with Crippen LogP contribution in [0.5, 0.6) is 0 Å². The molecule has 0 saturated heterocycles. The Morgan fingerprint density at radius 2 is 2.17 bits per heavy atom. The summed E-state index contributed by atoms with van der Waals surface area (Å²) in [5, 5.41) is 4.07. The first kappa shape index (κ1) is 16.0. The molecule has 0 bridgehead atoms. The molecule has 6 nitrogen and oxygen atoms in total. The number of nitrogens with zero attached hydrogens (tertiary/aromatic N) is 3. The van der Waals surface area contributed by atoms with E-state index in [2.05, 4.69) is 5.10 Å². The zero-order valence-corrected chi connectivity index (χ0v) is 13.7. The van der Waals surface area contributed by atoms with Crippen molar-refractivity contribution in [3.05, 3.63) is 53.4 Å². The largest absolute Gasteiger partial charge is 0.465 e. The van der Waals surface area contributed by atoms with Crippen LogP contribution in [0.1, 0.15) is 27.9 Å². The fourth-order valence-corrected chi connectivity index (χ4v) is 2.83.